The molecule has 8 nitrogen and oxygen atoms in total. The molecule has 5 aromatic rings. The number of nitrogen functional groups attached to an aromatic ring is 1. The van der Waals surface area contributed by atoms with Gasteiger partial charge in [0.25, 0.3) is 0 Å². The predicted octanol–water partition coefficient (Wildman–Crippen LogP) is 3.92. The minimum Gasteiger partial charge on any atom is -0.366 e. The van der Waals surface area contributed by atoms with Crippen molar-refractivity contribution >= 4 is 11.6 Å². The first-order valence-corrected chi connectivity index (χ1v) is 9.59. The summed E-state index contributed by atoms with van der Waals surface area (Å²) >= 11 is 0. The molecule has 33 heavy (non-hydrogen) atoms. The van der Waals surface area contributed by atoms with E-state index in [2.05, 4.69) is 25.1 Å². The van der Waals surface area contributed by atoms with Crippen molar-refractivity contribution in [3.05, 3.63) is 78.8 Å². The lowest BCUT2D eigenvalue weighted by Crippen LogP contribution is -2.28. The summed E-state index contributed by atoms with van der Waals surface area (Å²) in [5.74, 6) is -0.500. The number of aromatic nitrogens is 7. The van der Waals surface area contributed by atoms with Crippen LogP contribution in [0, 0.1) is 5.82 Å². The van der Waals surface area contributed by atoms with Crippen LogP contribution in [-0.2, 0) is 0 Å². The molecule has 1 atom stereocenters. The number of halogens is 4. The molecule has 0 saturated heterocycles. The van der Waals surface area contributed by atoms with Crippen LogP contribution in [0.2, 0.25) is 0 Å². The number of benzene rings is 1. The van der Waals surface area contributed by atoms with Gasteiger partial charge in [-0.2, -0.15) is 23.3 Å². The van der Waals surface area contributed by atoms with Crippen LogP contribution >= 0.6 is 0 Å². The fourth-order valence-corrected chi connectivity index (χ4v) is 3.45. The van der Waals surface area contributed by atoms with Crippen molar-refractivity contribution in [1.82, 2.24) is 34.3 Å². The molecule has 0 bridgehead atoms. The molecule has 0 unspecified atom stereocenters. The van der Waals surface area contributed by atoms with Gasteiger partial charge in [0.05, 0.1) is 30.0 Å². The molecule has 0 spiro atoms. The van der Waals surface area contributed by atoms with Crippen LogP contribution < -0.4 is 5.73 Å². The molecule has 0 saturated carbocycles. The Morgan fingerprint density at radius 1 is 0.909 bits per heavy atom. The number of hydrogen-bond acceptors (Lipinski definition) is 6. The molecule has 5 rings (SSSR count). The first-order chi connectivity index (χ1) is 15.8. The number of alkyl halides is 3. The van der Waals surface area contributed by atoms with Crippen molar-refractivity contribution in [2.45, 2.75) is 12.2 Å². The zero-order valence-electron chi connectivity index (χ0n) is 16.6. The van der Waals surface area contributed by atoms with Crippen LogP contribution in [0.5, 0.6) is 0 Å². The van der Waals surface area contributed by atoms with E-state index in [1.807, 2.05) is 0 Å². The van der Waals surface area contributed by atoms with Gasteiger partial charge in [-0.1, -0.05) is 12.1 Å². The van der Waals surface area contributed by atoms with Crippen LogP contribution in [0.3, 0.4) is 0 Å². The molecular formula is C21H14F4N8. The second kappa shape index (κ2) is 7.65. The lowest BCUT2D eigenvalue weighted by molar-refractivity contribution is -0.159. The van der Waals surface area contributed by atoms with E-state index < -0.39 is 18.0 Å². The van der Waals surface area contributed by atoms with E-state index in [1.165, 1.54) is 29.3 Å². The van der Waals surface area contributed by atoms with Crippen LogP contribution in [0.4, 0.5) is 23.5 Å². The predicted molar refractivity (Wildman–Crippen MR) is 110 cm³/mol. The average Bonchev–Trinajstić information content (AvgIpc) is 3.40. The smallest absolute Gasteiger partial charge is 0.366 e. The Morgan fingerprint density at radius 2 is 1.64 bits per heavy atom. The van der Waals surface area contributed by atoms with Crippen molar-refractivity contribution in [2.24, 2.45) is 0 Å². The zero-order chi connectivity index (χ0) is 23.2. The maximum atomic E-state index is 13.8. The maximum absolute atomic E-state index is 13.8. The molecule has 166 valence electrons. The van der Waals surface area contributed by atoms with Crippen molar-refractivity contribution in [3.63, 3.8) is 0 Å². The number of anilines is 1. The van der Waals surface area contributed by atoms with E-state index in [0.29, 0.717) is 28.2 Å². The number of hydrogen-bond donors (Lipinski definition) is 1. The van der Waals surface area contributed by atoms with Gasteiger partial charge < -0.3 is 5.73 Å². The molecule has 0 aliphatic rings. The Morgan fingerprint density at radius 3 is 2.36 bits per heavy atom. The van der Waals surface area contributed by atoms with Crippen LogP contribution in [0.15, 0.2) is 67.4 Å². The molecule has 2 N–H and O–H groups in total. The minimum absolute atomic E-state index is 0.125. The largest absolute Gasteiger partial charge is 0.415 e. The lowest BCUT2D eigenvalue weighted by Gasteiger charge is -2.21. The highest BCUT2D eigenvalue weighted by atomic mass is 19.4. The summed E-state index contributed by atoms with van der Waals surface area (Å²) in [6, 6.07) is 5.51. The van der Waals surface area contributed by atoms with Gasteiger partial charge in [-0.05, 0) is 29.8 Å². The second-order valence-corrected chi connectivity index (χ2v) is 7.18. The number of nitrogens with two attached hydrogens (primary N) is 1. The summed E-state index contributed by atoms with van der Waals surface area (Å²) in [5.41, 5.74) is 7.81. The SMILES string of the molecule is Nc1nc2cc(-c3cncc(-c4cnn([C@H](c5ccc(F)cc5)C(F)(F)F)c4)n3)ccn2n1. The van der Waals surface area contributed by atoms with Gasteiger partial charge >= 0.3 is 6.18 Å². The number of pyridine rings is 1. The Balaban J connectivity index is 1.50. The van der Waals surface area contributed by atoms with Gasteiger partial charge in [0.1, 0.15) is 5.82 Å². The van der Waals surface area contributed by atoms with E-state index >= 15 is 0 Å². The fourth-order valence-electron chi connectivity index (χ4n) is 3.45. The zero-order valence-corrected chi connectivity index (χ0v) is 16.6. The molecule has 4 heterocycles. The second-order valence-electron chi connectivity index (χ2n) is 7.18. The molecule has 4 aromatic heterocycles. The van der Waals surface area contributed by atoms with E-state index in [1.54, 1.807) is 18.3 Å². The van der Waals surface area contributed by atoms with E-state index in [4.69, 9.17) is 5.73 Å². The molecule has 0 fully saturated rings. The summed E-state index contributed by atoms with van der Waals surface area (Å²) in [4.78, 5) is 12.8. The normalized spacial score (nSPS) is 12.8. The third-order valence-corrected chi connectivity index (χ3v) is 4.94. The summed E-state index contributed by atoms with van der Waals surface area (Å²) in [7, 11) is 0. The summed E-state index contributed by atoms with van der Waals surface area (Å²) in [6.45, 7) is 0. The molecule has 1 aromatic carbocycles. The number of nitrogens with zero attached hydrogens (tertiary/aromatic N) is 7. The van der Waals surface area contributed by atoms with Crippen LogP contribution in [0.1, 0.15) is 11.6 Å². The number of rotatable bonds is 4. The van der Waals surface area contributed by atoms with Crippen molar-refractivity contribution in [3.8, 4) is 22.5 Å². The van der Waals surface area contributed by atoms with Crippen LogP contribution in [0.25, 0.3) is 28.2 Å². The summed E-state index contributed by atoms with van der Waals surface area (Å²) in [6.07, 6.45) is 2.48. The Hall–Kier alpha value is -4.35. The Bertz CT molecular complexity index is 1440. The molecule has 0 aliphatic heterocycles. The van der Waals surface area contributed by atoms with E-state index in [9.17, 15) is 17.6 Å². The van der Waals surface area contributed by atoms with Crippen molar-refractivity contribution in [2.75, 3.05) is 5.73 Å². The molecule has 0 radical (unpaired) electrons. The summed E-state index contributed by atoms with van der Waals surface area (Å²) in [5, 5.41) is 7.91. The van der Waals surface area contributed by atoms with Gasteiger partial charge in [0, 0.05) is 23.5 Å². The van der Waals surface area contributed by atoms with Gasteiger partial charge in [-0.3, -0.25) is 9.67 Å². The van der Waals surface area contributed by atoms with E-state index in [-0.39, 0.29) is 11.5 Å². The minimum atomic E-state index is -4.65. The van der Waals surface area contributed by atoms with Crippen molar-refractivity contribution in [1.29, 1.82) is 0 Å². The highest BCUT2D eigenvalue weighted by Crippen LogP contribution is 2.36. The van der Waals surface area contributed by atoms with Gasteiger partial charge in [-0.25, -0.2) is 13.9 Å². The third-order valence-electron chi connectivity index (χ3n) is 4.94. The standard InChI is InChI=1S/C21H14F4N8/c22-15-3-1-12(2-4-15)19(21(23,24)25)33-11-14(8-28-33)17-10-27-9-16(29-17)13-5-6-32-18(7-13)30-20(26)31-32/h1-11,19H,(H2,26,31)/t19-/m1/s1. The first-order valence-electron chi connectivity index (χ1n) is 9.59. The highest BCUT2D eigenvalue weighted by Gasteiger charge is 2.43. The van der Waals surface area contributed by atoms with E-state index in [0.717, 1.165) is 28.9 Å². The molecular weight excluding hydrogens is 440 g/mol. The number of fused-ring (bicyclic) bond motifs is 1. The summed E-state index contributed by atoms with van der Waals surface area (Å²) < 4.78 is 56.9. The monoisotopic (exact) mass is 454 g/mol. The topological polar surface area (TPSA) is 99.8 Å². The molecule has 0 aliphatic carbocycles. The van der Waals surface area contributed by atoms with Crippen molar-refractivity contribution < 1.29 is 17.6 Å². The van der Waals surface area contributed by atoms with Crippen LogP contribution in [-0.4, -0.2) is 40.5 Å². The first kappa shape index (κ1) is 20.5. The lowest BCUT2D eigenvalue weighted by atomic mass is 10.1. The van der Waals surface area contributed by atoms with Gasteiger partial charge in [-0.15, -0.1) is 5.10 Å². The molecule has 0 amide bonds. The third kappa shape index (κ3) is 3.97. The Labute approximate surface area is 183 Å². The average molecular weight is 454 g/mol. The fraction of sp³-hybridized carbons (Fsp3) is 0.0952. The molecule has 12 heteroatoms. The quantitative estimate of drug-likeness (QED) is 0.413. The van der Waals surface area contributed by atoms with Gasteiger partial charge in [0.15, 0.2) is 11.7 Å². The Kier molecular flexibility index (Phi) is 4.77. The highest BCUT2D eigenvalue weighted by molar-refractivity contribution is 5.66. The van der Waals surface area contributed by atoms with Gasteiger partial charge in [0.2, 0.25) is 5.95 Å². The maximum Gasteiger partial charge on any atom is 0.415 e.